The summed E-state index contributed by atoms with van der Waals surface area (Å²) in [6, 6.07) is 8.57. The average molecular weight is 190 g/mol. The molecule has 0 spiro atoms. The summed E-state index contributed by atoms with van der Waals surface area (Å²) in [5.74, 6) is 0. The zero-order valence-electron chi connectivity index (χ0n) is 6.69. The normalized spacial score (nSPS) is 10.2. The minimum absolute atomic E-state index is 0.331. The molecule has 2 nitrogen and oxygen atoms in total. The van der Waals surface area contributed by atoms with Crippen molar-refractivity contribution >= 4 is 28.6 Å². The number of benzene rings is 1. The molecule has 0 bridgehead atoms. The van der Waals surface area contributed by atoms with Gasteiger partial charge >= 0.3 is 5.63 Å². The Bertz CT molecular complexity index is 514. The van der Waals surface area contributed by atoms with E-state index in [0.29, 0.717) is 5.58 Å². The summed E-state index contributed by atoms with van der Waals surface area (Å²) in [6.45, 7) is 0. The van der Waals surface area contributed by atoms with Crippen molar-refractivity contribution in [3.63, 3.8) is 0 Å². The Morgan fingerprint density at radius 1 is 1.23 bits per heavy atom. The molecular formula is C10H6O2S. The molecule has 0 aliphatic carbocycles. The predicted octanol–water partition coefficient (Wildman–Crippen LogP) is 2.14. The first-order valence-electron chi connectivity index (χ1n) is 3.79. The van der Waals surface area contributed by atoms with E-state index in [9.17, 15) is 4.79 Å². The van der Waals surface area contributed by atoms with Gasteiger partial charge in [0.2, 0.25) is 0 Å². The first-order valence-corrected chi connectivity index (χ1v) is 4.26. The molecule has 0 saturated carbocycles. The maximum atomic E-state index is 10.8. The van der Waals surface area contributed by atoms with Gasteiger partial charge < -0.3 is 4.42 Å². The molecule has 0 unspecified atom stereocenters. The third-order valence-electron chi connectivity index (χ3n) is 1.78. The molecule has 2 aromatic rings. The van der Waals surface area contributed by atoms with Crippen LogP contribution in [0.25, 0.3) is 11.0 Å². The van der Waals surface area contributed by atoms with Gasteiger partial charge in [0, 0.05) is 16.8 Å². The molecule has 0 atom stereocenters. The van der Waals surface area contributed by atoms with E-state index >= 15 is 0 Å². The molecule has 1 aromatic carbocycles. The topological polar surface area (TPSA) is 30.2 Å². The SMILES string of the molecule is O=c1ccc2cc(C=S)ccc2o1. The molecular weight excluding hydrogens is 184 g/mol. The summed E-state index contributed by atoms with van der Waals surface area (Å²) >= 11 is 4.79. The zero-order chi connectivity index (χ0) is 9.26. The van der Waals surface area contributed by atoms with Crippen LogP contribution in [0.1, 0.15) is 5.56 Å². The van der Waals surface area contributed by atoms with E-state index in [4.69, 9.17) is 16.6 Å². The largest absolute Gasteiger partial charge is 0.423 e. The molecule has 3 heteroatoms. The highest BCUT2D eigenvalue weighted by molar-refractivity contribution is 7.79. The van der Waals surface area contributed by atoms with Crippen molar-refractivity contribution in [1.29, 1.82) is 0 Å². The number of rotatable bonds is 1. The van der Waals surface area contributed by atoms with Gasteiger partial charge in [-0.3, -0.25) is 0 Å². The first kappa shape index (κ1) is 8.13. The van der Waals surface area contributed by atoms with Crippen LogP contribution in [0.4, 0.5) is 0 Å². The fourth-order valence-corrected chi connectivity index (χ4v) is 1.31. The Kier molecular flexibility index (Phi) is 1.94. The highest BCUT2D eigenvalue weighted by Crippen LogP contribution is 2.12. The summed E-state index contributed by atoms with van der Waals surface area (Å²) in [5, 5.41) is 2.48. The second-order valence-corrected chi connectivity index (χ2v) is 2.91. The Morgan fingerprint density at radius 3 is 2.85 bits per heavy atom. The Morgan fingerprint density at radius 2 is 2.08 bits per heavy atom. The molecule has 0 saturated heterocycles. The molecule has 0 N–H and O–H groups in total. The molecule has 2 rings (SSSR count). The van der Waals surface area contributed by atoms with Crippen molar-refractivity contribution in [2.75, 3.05) is 0 Å². The maximum absolute atomic E-state index is 10.8. The van der Waals surface area contributed by atoms with Crippen LogP contribution in [-0.2, 0) is 0 Å². The lowest BCUT2D eigenvalue weighted by Crippen LogP contribution is -1.94. The van der Waals surface area contributed by atoms with E-state index in [-0.39, 0.29) is 5.63 Å². The maximum Gasteiger partial charge on any atom is 0.336 e. The fourth-order valence-electron chi connectivity index (χ4n) is 1.16. The Hall–Kier alpha value is -1.48. The predicted molar refractivity (Wildman–Crippen MR) is 55.2 cm³/mol. The summed E-state index contributed by atoms with van der Waals surface area (Å²) < 4.78 is 4.96. The summed E-state index contributed by atoms with van der Waals surface area (Å²) in [7, 11) is 0. The van der Waals surface area contributed by atoms with Crippen molar-refractivity contribution in [3.05, 3.63) is 46.3 Å². The quantitative estimate of drug-likeness (QED) is 0.509. The first-order chi connectivity index (χ1) is 6.29. The number of thiocarbonyl (C=S) groups is 1. The van der Waals surface area contributed by atoms with Crippen LogP contribution in [0.5, 0.6) is 0 Å². The Labute approximate surface area is 79.8 Å². The van der Waals surface area contributed by atoms with E-state index in [2.05, 4.69) is 0 Å². The van der Waals surface area contributed by atoms with Gasteiger partial charge in [-0.15, -0.1) is 0 Å². The van der Waals surface area contributed by atoms with Crippen LogP contribution in [0.3, 0.4) is 0 Å². The van der Waals surface area contributed by atoms with E-state index in [1.165, 1.54) is 6.07 Å². The van der Waals surface area contributed by atoms with Gasteiger partial charge in [0.05, 0.1) is 0 Å². The minimum Gasteiger partial charge on any atom is -0.423 e. The van der Waals surface area contributed by atoms with Crippen LogP contribution in [0.2, 0.25) is 0 Å². The molecule has 0 aliphatic heterocycles. The molecule has 13 heavy (non-hydrogen) atoms. The highest BCUT2D eigenvalue weighted by Gasteiger charge is 1.96. The molecule has 0 aliphatic rings. The monoisotopic (exact) mass is 190 g/mol. The third kappa shape index (κ3) is 1.51. The van der Waals surface area contributed by atoms with Gasteiger partial charge in [0.25, 0.3) is 0 Å². The minimum atomic E-state index is -0.331. The smallest absolute Gasteiger partial charge is 0.336 e. The third-order valence-corrected chi connectivity index (χ3v) is 2.05. The molecule has 0 fully saturated rings. The van der Waals surface area contributed by atoms with E-state index < -0.39 is 0 Å². The standard InChI is InChI=1S/C10H6O2S/c11-10-4-2-8-5-7(6-13)1-3-9(8)12-10/h1-6H. The molecule has 1 heterocycles. The van der Waals surface area contributed by atoms with Gasteiger partial charge in [-0.25, -0.2) is 4.79 Å². The van der Waals surface area contributed by atoms with E-state index in [1.54, 1.807) is 17.5 Å². The van der Waals surface area contributed by atoms with E-state index in [0.717, 1.165) is 10.9 Å². The summed E-state index contributed by atoms with van der Waals surface area (Å²) in [5.41, 5.74) is 1.20. The number of fused-ring (bicyclic) bond motifs is 1. The van der Waals surface area contributed by atoms with Crippen LogP contribution >= 0.6 is 12.2 Å². The molecule has 0 amide bonds. The molecule has 0 radical (unpaired) electrons. The molecule has 64 valence electrons. The fraction of sp³-hybridized carbons (Fsp3) is 0. The van der Waals surface area contributed by atoms with Crippen LogP contribution in [-0.4, -0.2) is 5.37 Å². The van der Waals surface area contributed by atoms with Crippen LogP contribution < -0.4 is 5.63 Å². The number of hydrogen-bond donors (Lipinski definition) is 0. The van der Waals surface area contributed by atoms with Gasteiger partial charge in [-0.1, -0.05) is 18.3 Å². The van der Waals surface area contributed by atoms with Crippen molar-refractivity contribution in [3.8, 4) is 0 Å². The van der Waals surface area contributed by atoms with Crippen LogP contribution in [0.15, 0.2) is 39.5 Å². The summed E-state index contributed by atoms with van der Waals surface area (Å²) in [4.78, 5) is 10.8. The second-order valence-electron chi connectivity index (χ2n) is 2.67. The van der Waals surface area contributed by atoms with Crippen molar-refractivity contribution in [2.45, 2.75) is 0 Å². The van der Waals surface area contributed by atoms with Crippen molar-refractivity contribution < 1.29 is 4.42 Å². The molecule has 1 aromatic heterocycles. The Balaban J connectivity index is 2.80. The van der Waals surface area contributed by atoms with Crippen molar-refractivity contribution in [2.24, 2.45) is 0 Å². The van der Waals surface area contributed by atoms with Gasteiger partial charge in [-0.05, 0) is 23.8 Å². The zero-order valence-corrected chi connectivity index (χ0v) is 7.51. The van der Waals surface area contributed by atoms with Gasteiger partial charge in [0.1, 0.15) is 5.58 Å². The van der Waals surface area contributed by atoms with Gasteiger partial charge in [0.15, 0.2) is 0 Å². The lowest BCUT2D eigenvalue weighted by Gasteiger charge is -1.95. The van der Waals surface area contributed by atoms with Gasteiger partial charge in [-0.2, -0.15) is 0 Å². The number of hydrogen-bond acceptors (Lipinski definition) is 3. The van der Waals surface area contributed by atoms with E-state index in [1.807, 2.05) is 12.1 Å². The lowest BCUT2D eigenvalue weighted by atomic mass is 10.2. The average Bonchev–Trinajstić information content (AvgIpc) is 2.17. The summed E-state index contributed by atoms with van der Waals surface area (Å²) in [6.07, 6.45) is 0. The van der Waals surface area contributed by atoms with Crippen molar-refractivity contribution in [1.82, 2.24) is 0 Å². The highest BCUT2D eigenvalue weighted by atomic mass is 32.1. The van der Waals surface area contributed by atoms with Crippen LogP contribution in [0, 0.1) is 0 Å². The lowest BCUT2D eigenvalue weighted by molar-refractivity contribution is 0.561. The second kappa shape index (κ2) is 3.11.